The monoisotopic (exact) mass is 253 g/mol. The number of likely N-dealkylation sites (tertiary alicyclic amines) is 1. The molecule has 1 atom stereocenters. The maximum absolute atomic E-state index is 11.6. The Morgan fingerprint density at radius 3 is 3.06 bits per heavy atom. The minimum atomic E-state index is -0.0121. The summed E-state index contributed by atoms with van der Waals surface area (Å²) in [7, 11) is 1.78. The Balaban J connectivity index is 2.07. The smallest absolute Gasteiger partial charge is 0.317 e. The topological polar surface area (TPSA) is 35.6 Å². The lowest BCUT2D eigenvalue weighted by molar-refractivity contribution is 0.180. The zero-order valence-corrected chi connectivity index (χ0v) is 11.8. The van der Waals surface area contributed by atoms with E-state index in [4.69, 9.17) is 0 Å². The average Bonchev–Trinajstić information content (AvgIpc) is 2.35. The maximum Gasteiger partial charge on any atom is 0.317 e. The molecule has 1 heterocycles. The molecule has 1 aliphatic heterocycles. The van der Waals surface area contributed by atoms with Crippen molar-refractivity contribution < 1.29 is 4.79 Å². The van der Waals surface area contributed by atoms with Crippen molar-refractivity contribution in [2.24, 2.45) is 5.92 Å². The van der Waals surface area contributed by atoms with Gasteiger partial charge in [-0.25, -0.2) is 4.79 Å². The normalized spacial score (nSPS) is 20.4. The second kappa shape index (κ2) is 8.14. The van der Waals surface area contributed by atoms with E-state index < -0.39 is 0 Å². The molecule has 1 saturated heterocycles. The third-order valence-corrected chi connectivity index (χ3v) is 3.42. The number of piperidine rings is 1. The number of carbonyl (C=O) groups is 1. The molecular weight excluding hydrogens is 226 g/mol. The van der Waals surface area contributed by atoms with Crippen LogP contribution in [-0.2, 0) is 0 Å². The molecule has 0 aliphatic carbocycles. The lowest BCUT2D eigenvalue weighted by Gasteiger charge is -2.30. The van der Waals surface area contributed by atoms with Crippen LogP contribution in [0.4, 0.5) is 4.79 Å². The number of nitrogens with one attached hydrogen (secondary N) is 1. The second-order valence-corrected chi connectivity index (χ2v) is 5.30. The molecule has 104 valence electrons. The van der Waals surface area contributed by atoms with Crippen molar-refractivity contribution in [3.8, 4) is 0 Å². The van der Waals surface area contributed by atoms with Gasteiger partial charge in [-0.3, -0.25) is 0 Å². The van der Waals surface area contributed by atoms with Crippen LogP contribution in [0.5, 0.6) is 0 Å². The number of hydrogen-bond donors (Lipinski definition) is 1. The standard InChI is InChI=1S/C14H27N3O/c1-4-9-16(3)14(18)15-8-6-11-17-10-5-7-13(2)12-17/h4,13H,1,5-12H2,2-3H3,(H,15,18)/t13-/m0/s1. The van der Waals surface area contributed by atoms with Gasteiger partial charge in [0.15, 0.2) is 0 Å². The molecule has 0 aromatic carbocycles. The summed E-state index contributed by atoms with van der Waals surface area (Å²) in [5, 5.41) is 2.93. The van der Waals surface area contributed by atoms with Crippen LogP contribution in [0.3, 0.4) is 0 Å². The molecule has 0 saturated carbocycles. The highest BCUT2D eigenvalue weighted by atomic mass is 16.2. The highest BCUT2D eigenvalue weighted by Gasteiger charge is 2.15. The summed E-state index contributed by atoms with van der Waals surface area (Å²) in [6, 6.07) is -0.0121. The Morgan fingerprint density at radius 2 is 2.39 bits per heavy atom. The van der Waals surface area contributed by atoms with Crippen LogP contribution in [-0.4, -0.2) is 55.6 Å². The van der Waals surface area contributed by atoms with Crippen LogP contribution < -0.4 is 5.32 Å². The Morgan fingerprint density at radius 1 is 1.61 bits per heavy atom. The summed E-state index contributed by atoms with van der Waals surface area (Å²) in [5.41, 5.74) is 0. The lowest BCUT2D eigenvalue weighted by Crippen LogP contribution is -2.40. The van der Waals surface area contributed by atoms with Gasteiger partial charge in [-0.1, -0.05) is 13.0 Å². The maximum atomic E-state index is 11.6. The van der Waals surface area contributed by atoms with E-state index in [0.29, 0.717) is 6.54 Å². The van der Waals surface area contributed by atoms with Gasteiger partial charge in [0.25, 0.3) is 0 Å². The summed E-state index contributed by atoms with van der Waals surface area (Å²) >= 11 is 0. The Kier molecular flexibility index (Phi) is 6.80. The van der Waals surface area contributed by atoms with Gasteiger partial charge in [0.2, 0.25) is 0 Å². The van der Waals surface area contributed by atoms with E-state index in [1.165, 1.54) is 25.9 Å². The van der Waals surface area contributed by atoms with E-state index in [9.17, 15) is 4.79 Å². The number of hydrogen-bond acceptors (Lipinski definition) is 2. The molecule has 0 spiro atoms. The third kappa shape index (κ3) is 5.54. The molecule has 1 rings (SSSR count). The summed E-state index contributed by atoms with van der Waals surface area (Å²) in [4.78, 5) is 15.7. The van der Waals surface area contributed by atoms with Gasteiger partial charge in [0.05, 0.1) is 0 Å². The largest absolute Gasteiger partial charge is 0.338 e. The summed E-state index contributed by atoms with van der Waals surface area (Å²) in [6.07, 6.45) is 5.43. The molecule has 0 unspecified atom stereocenters. The van der Waals surface area contributed by atoms with E-state index in [-0.39, 0.29) is 6.03 Å². The van der Waals surface area contributed by atoms with E-state index in [0.717, 1.165) is 25.4 Å². The van der Waals surface area contributed by atoms with Crippen LogP contribution in [0.1, 0.15) is 26.2 Å². The molecule has 18 heavy (non-hydrogen) atoms. The van der Waals surface area contributed by atoms with Crippen LogP contribution in [0.2, 0.25) is 0 Å². The first-order chi connectivity index (χ1) is 8.63. The molecule has 0 aromatic rings. The molecule has 0 bridgehead atoms. The third-order valence-electron chi connectivity index (χ3n) is 3.42. The van der Waals surface area contributed by atoms with Gasteiger partial charge in [-0.15, -0.1) is 6.58 Å². The van der Waals surface area contributed by atoms with E-state index in [1.807, 2.05) is 0 Å². The SMILES string of the molecule is C=CCN(C)C(=O)NCCCN1CCC[C@H](C)C1. The van der Waals surface area contributed by atoms with Gasteiger partial charge in [0.1, 0.15) is 0 Å². The Labute approximate surface area is 111 Å². The minimum absolute atomic E-state index is 0.0121. The van der Waals surface area contributed by atoms with Crippen molar-refractivity contribution in [1.82, 2.24) is 15.1 Å². The van der Waals surface area contributed by atoms with Gasteiger partial charge >= 0.3 is 6.03 Å². The van der Waals surface area contributed by atoms with Crippen molar-refractivity contribution in [2.45, 2.75) is 26.2 Å². The summed E-state index contributed by atoms with van der Waals surface area (Å²) < 4.78 is 0. The van der Waals surface area contributed by atoms with Crippen molar-refractivity contribution in [2.75, 3.05) is 39.8 Å². The van der Waals surface area contributed by atoms with Gasteiger partial charge in [-0.05, 0) is 38.3 Å². The van der Waals surface area contributed by atoms with Crippen molar-refractivity contribution in [1.29, 1.82) is 0 Å². The summed E-state index contributed by atoms with van der Waals surface area (Å²) in [5.74, 6) is 0.826. The van der Waals surface area contributed by atoms with Gasteiger partial charge < -0.3 is 15.1 Å². The number of urea groups is 1. The molecule has 4 nitrogen and oxygen atoms in total. The minimum Gasteiger partial charge on any atom is -0.338 e. The van der Waals surface area contributed by atoms with Gasteiger partial charge in [-0.2, -0.15) is 0 Å². The predicted molar refractivity (Wildman–Crippen MR) is 75.7 cm³/mol. The molecule has 0 radical (unpaired) electrons. The first-order valence-electron chi connectivity index (χ1n) is 6.95. The number of nitrogens with zero attached hydrogens (tertiary/aromatic N) is 2. The van der Waals surface area contributed by atoms with Crippen LogP contribution in [0.15, 0.2) is 12.7 Å². The van der Waals surface area contributed by atoms with Crippen LogP contribution >= 0.6 is 0 Å². The zero-order chi connectivity index (χ0) is 13.4. The van der Waals surface area contributed by atoms with Crippen molar-refractivity contribution >= 4 is 6.03 Å². The van der Waals surface area contributed by atoms with E-state index in [2.05, 4.69) is 23.7 Å². The molecule has 0 aromatic heterocycles. The summed E-state index contributed by atoms with van der Waals surface area (Å²) in [6.45, 7) is 10.8. The van der Waals surface area contributed by atoms with Crippen molar-refractivity contribution in [3.63, 3.8) is 0 Å². The van der Waals surface area contributed by atoms with Crippen LogP contribution in [0.25, 0.3) is 0 Å². The second-order valence-electron chi connectivity index (χ2n) is 5.30. The fraction of sp³-hybridized carbons (Fsp3) is 0.786. The highest BCUT2D eigenvalue weighted by molar-refractivity contribution is 5.73. The Bertz CT molecular complexity index is 268. The zero-order valence-electron chi connectivity index (χ0n) is 11.8. The molecule has 1 aliphatic rings. The quantitative estimate of drug-likeness (QED) is 0.580. The molecule has 1 N–H and O–H groups in total. The molecule has 1 fully saturated rings. The Hall–Kier alpha value is -1.03. The van der Waals surface area contributed by atoms with Gasteiger partial charge in [0, 0.05) is 26.7 Å². The number of likely N-dealkylation sites (N-methyl/N-ethyl adjacent to an activating group) is 1. The lowest BCUT2D eigenvalue weighted by atomic mass is 10.0. The van der Waals surface area contributed by atoms with Crippen LogP contribution in [0, 0.1) is 5.92 Å². The predicted octanol–water partition coefficient (Wildman–Crippen LogP) is 1.94. The molecule has 4 heteroatoms. The number of rotatable bonds is 6. The van der Waals surface area contributed by atoms with Crippen molar-refractivity contribution in [3.05, 3.63) is 12.7 Å². The van der Waals surface area contributed by atoms with E-state index >= 15 is 0 Å². The number of amides is 2. The average molecular weight is 253 g/mol. The highest BCUT2D eigenvalue weighted by Crippen LogP contribution is 2.15. The van der Waals surface area contributed by atoms with E-state index in [1.54, 1.807) is 18.0 Å². The number of carbonyl (C=O) groups excluding carboxylic acids is 1. The molecular formula is C14H27N3O. The molecule has 2 amide bonds. The fourth-order valence-corrected chi connectivity index (χ4v) is 2.40. The first-order valence-corrected chi connectivity index (χ1v) is 6.95. The first kappa shape index (κ1) is 15.0. The fourth-order valence-electron chi connectivity index (χ4n) is 2.40.